The minimum absolute atomic E-state index is 0.265. The van der Waals surface area contributed by atoms with E-state index in [4.69, 9.17) is 12.2 Å². The molecule has 3 rings (SSSR count). The van der Waals surface area contributed by atoms with Gasteiger partial charge in [-0.3, -0.25) is 4.79 Å². The van der Waals surface area contributed by atoms with Crippen molar-refractivity contribution >= 4 is 29.2 Å². The van der Waals surface area contributed by atoms with E-state index in [0.29, 0.717) is 27.9 Å². The molecule has 4 nitrogen and oxygen atoms in total. The molecule has 0 unspecified atom stereocenters. The molecule has 0 saturated heterocycles. The molecule has 1 aliphatic carbocycles. The van der Waals surface area contributed by atoms with Crippen LogP contribution in [0.3, 0.4) is 0 Å². The van der Waals surface area contributed by atoms with E-state index in [0.717, 1.165) is 12.3 Å². The summed E-state index contributed by atoms with van der Waals surface area (Å²) in [5, 5.41) is 2.85. The highest BCUT2D eigenvalue weighted by Gasteiger charge is 2.18. The molecular formula is C14H16FN3OS. The van der Waals surface area contributed by atoms with Gasteiger partial charge in [-0.25, -0.2) is 4.39 Å². The third kappa shape index (κ3) is 2.60. The van der Waals surface area contributed by atoms with Gasteiger partial charge in [-0.15, -0.1) is 0 Å². The summed E-state index contributed by atoms with van der Waals surface area (Å²) in [5.41, 5.74) is 1.36. The second kappa shape index (κ2) is 5.36. The van der Waals surface area contributed by atoms with Gasteiger partial charge in [0.05, 0.1) is 16.6 Å². The van der Waals surface area contributed by atoms with E-state index in [-0.39, 0.29) is 5.91 Å². The Hall–Kier alpha value is -1.69. The minimum atomic E-state index is -0.452. The SMILES string of the molecule is O=C(NCCC1CCC1)c1cc(F)cc2[nH]c(=S)[nH]c12. The lowest BCUT2D eigenvalue weighted by molar-refractivity contribution is 0.0950. The fourth-order valence-corrected chi connectivity index (χ4v) is 2.76. The number of amides is 1. The van der Waals surface area contributed by atoms with Gasteiger partial charge in [-0.1, -0.05) is 19.3 Å². The Morgan fingerprint density at radius 3 is 2.90 bits per heavy atom. The molecule has 0 aliphatic heterocycles. The number of H-pyrrole nitrogens is 2. The van der Waals surface area contributed by atoms with Gasteiger partial charge in [0, 0.05) is 6.54 Å². The molecule has 2 aromatic rings. The molecule has 106 valence electrons. The molecular weight excluding hydrogens is 277 g/mol. The van der Waals surface area contributed by atoms with Gasteiger partial charge < -0.3 is 15.3 Å². The molecule has 1 saturated carbocycles. The smallest absolute Gasteiger partial charge is 0.253 e. The molecule has 1 fully saturated rings. The molecule has 20 heavy (non-hydrogen) atoms. The first kappa shape index (κ1) is 13.3. The lowest BCUT2D eigenvalue weighted by Crippen LogP contribution is -2.27. The zero-order chi connectivity index (χ0) is 14.1. The van der Waals surface area contributed by atoms with Gasteiger partial charge in [-0.2, -0.15) is 0 Å². The van der Waals surface area contributed by atoms with Gasteiger partial charge in [-0.05, 0) is 36.7 Å². The fraction of sp³-hybridized carbons (Fsp3) is 0.429. The maximum Gasteiger partial charge on any atom is 0.253 e. The summed E-state index contributed by atoms with van der Waals surface area (Å²) in [6.45, 7) is 0.632. The van der Waals surface area contributed by atoms with Crippen LogP contribution in [0, 0.1) is 16.5 Å². The number of nitrogens with one attached hydrogen (secondary N) is 3. The Morgan fingerprint density at radius 1 is 1.40 bits per heavy atom. The van der Waals surface area contributed by atoms with E-state index >= 15 is 0 Å². The van der Waals surface area contributed by atoms with Crippen LogP contribution in [-0.2, 0) is 0 Å². The van der Waals surface area contributed by atoms with E-state index in [1.54, 1.807) is 0 Å². The van der Waals surface area contributed by atoms with E-state index < -0.39 is 5.82 Å². The van der Waals surface area contributed by atoms with Crippen LogP contribution >= 0.6 is 12.2 Å². The molecule has 0 spiro atoms. The van der Waals surface area contributed by atoms with Crippen molar-refractivity contribution < 1.29 is 9.18 Å². The Labute approximate surface area is 120 Å². The van der Waals surface area contributed by atoms with Crippen molar-refractivity contribution in [1.29, 1.82) is 0 Å². The van der Waals surface area contributed by atoms with Crippen LogP contribution in [0.2, 0.25) is 0 Å². The van der Waals surface area contributed by atoms with Gasteiger partial charge in [0.15, 0.2) is 4.77 Å². The van der Waals surface area contributed by atoms with Crippen LogP contribution in [0.5, 0.6) is 0 Å². The molecule has 3 N–H and O–H groups in total. The maximum atomic E-state index is 13.5. The Kier molecular flexibility index (Phi) is 3.56. The molecule has 1 aliphatic rings. The molecule has 1 aromatic carbocycles. The van der Waals surface area contributed by atoms with E-state index in [1.807, 2.05) is 0 Å². The normalized spacial score (nSPS) is 15.2. The third-order valence-electron chi connectivity index (χ3n) is 3.90. The molecule has 6 heteroatoms. The van der Waals surface area contributed by atoms with Crippen LogP contribution in [-0.4, -0.2) is 22.4 Å². The summed E-state index contributed by atoms with van der Waals surface area (Å²) in [4.78, 5) is 17.9. The number of halogens is 1. The Balaban J connectivity index is 1.77. The first-order valence-electron chi connectivity index (χ1n) is 6.83. The van der Waals surface area contributed by atoms with Crippen molar-refractivity contribution in [3.8, 4) is 0 Å². The standard InChI is InChI=1S/C14H16FN3OS/c15-9-6-10(12-11(7-9)17-14(20)18-12)13(19)16-5-4-8-2-1-3-8/h6-8H,1-5H2,(H,16,19)(H2,17,18,20). The van der Waals surface area contributed by atoms with Gasteiger partial charge in [0.1, 0.15) is 5.82 Å². The number of imidazole rings is 1. The highest BCUT2D eigenvalue weighted by Crippen LogP contribution is 2.28. The fourth-order valence-electron chi connectivity index (χ4n) is 2.55. The quantitative estimate of drug-likeness (QED) is 0.758. The van der Waals surface area contributed by atoms with Crippen LogP contribution in [0.1, 0.15) is 36.0 Å². The zero-order valence-electron chi connectivity index (χ0n) is 11.0. The number of benzene rings is 1. The summed E-state index contributed by atoms with van der Waals surface area (Å²) in [7, 11) is 0. The molecule has 0 atom stereocenters. The zero-order valence-corrected chi connectivity index (χ0v) is 11.8. The number of hydrogen-bond donors (Lipinski definition) is 3. The van der Waals surface area contributed by atoms with Crippen molar-refractivity contribution in [2.24, 2.45) is 5.92 Å². The highest BCUT2D eigenvalue weighted by molar-refractivity contribution is 7.71. The highest BCUT2D eigenvalue weighted by atomic mass is 32.1. The number of carbonyl (C=O) groups is 1. The Bertz CT molecular complexity index is 702. The number of carbonyl (C=O) groups excluding carboxylic acids is 1. The predicted molar refractivity (Wildman–Crippen MR) is 77.7 cm³/mol. The topological polar surface area (TPSA) is 60.7 Å². The lowest BCUT2D eigenvalue weighted by Gasteiger charge is -2.25. The summed E-state index contributed by atoms with van der Waals surface area (Å²) in [6.07, 6.45) is 4.80. The van der Waals surface area contributed by atoms with Crippen molar-refractivity contribution in [1.82, 2.24) is 15.3 Å². The number of aromatic amines is 2. The first-order chi connectivity index (χ1) is 9.63. The summed E-state index contributed by atoms with van der Waals surface area (Å²) >= 11 is 4.98. The number of fused-ring (bicyclic) bond motifs is 1. The van der Waals surface area contributed by atoms with Crippen molar-refractivity contribution in [3.63, 3.8) is 0 Å². The third-order valence-corrected chi connectivity index (χ3v) is 4.10. The molecule has 0 bridgehead atoms. The number of rotatable bonds is 4. The number of aromatic nitrogens is 2. The second-order valence-corrected chi connectivity index (χ2v) is 5.70. The molecule has 1 aromatic heterocycles. The van der Waals surface area contributed by atoms with Crippen LogP contribution in [0.15, 0.2) is 12.1 Å². The van der Waals surface area contributed by atoms with Crippen molar-refractivity contribution in [3.05, 3.63) is 28.3 Å². The van der Waals surface area contributed by atoms with Crippen LogP contribution in [0.25, 0.3) is 11.0 Å². The maximum absolute atomic E-state index is 13.5. The largest absolute Gasteiger partial charge is 0.352 e. The minimum Gasteiger partial charge on any atom is -0.352 e. The van der Waals surface area contributed by atoms with Crippen LogP contribution in [0.4, 0.5) is 4.39 Å². The predicted octanol–water partition coefficient (Wildman–Crippen LogP) is 3.28. The molecule has 1 heterocycles. The molecule has 1 amide bonds. The van der Waals surface area contributed by atoms with Crippen molar-refractivity contribution in [2.45, 2.75) is 25.7 Å². The van der Waals surface area contributed by atoms with Gasteiger partial charge in [0.25, 0.3) is 5.91 Å². The first-order valence-corrected chi connectivity index (χ1v) is 7.24. The summed E-state index contributed by atoms with van der Waals surface area (Å²) < 4.78 is 13.9. The van der Waals surface area contributed by atoms with E-state index in [2.05, 4.69) is 15.3 Å². The second-order valence-electron chi connectivity index (χ2n) is 5.30. The molecule has 0 radical (unpaired) electrons. The monoisotopic (exact) mass is 293 g/mol. The van der Waals surface area contributed by atoms with Gasteiger partial charge >= 0.3 is 0 Å². The van der Waals surface area contributed by atoms with E-state index in [1.165, 1.54) is 31.4 Å². The van der Waals surface area contributed by atoms with Crippen molar-refractivity contribution in [2.75, 3.05) is 6.54 Å². The van der Waals surface area contributed by atoms with E-state index in [9.17, 15) is 9.18 Å². The van der Waals surface area contributed by atoms with Gasteiger partial charge in [0.2, 0.25) is 0 Å². The summed E-state index contributed by atoms with van der Waals surface area (Å²) in [5.74, 6) is 0.0202. The Morgan fingerprint density at radius 2 is 2.20 bits per heavy atom. The number of hydrogen-bond acceptors (Lipinski definition) is 2. The van der Waals surface area contributed by atoms with Crippen LogP contribution < -0.4 is 5.32 Å². The lowest BCUT2D eigenvalue weighted by atomic mass is 9.83. The summed E-state index contributed by atoms with van der Waals surface area (Å²) in [6, 6.07) is 2.56. The average Bonchev–Trinajstić information content (AvgIpc) is 2.71. The average molecular weight is 293 g/mol.